The lowest BCUT2D eigenvalue weighted by Crippen LogP contribution is -2.37. The van der Waals surface area contributed by atoms with Crippen molar-refractivity contribution in [3.8, 4) is 0 Å². The average Bonchev–Trinajstić information content (AvgIpc) is 3.42. The Kier molecular flexibility index (Phi) is 6.07. The summed E-state index contributed by atoms with van der Waals surface area (Å²) < 4.78 is 6.03. The maximum Gasteiger partial charge on any atom is 0.338 e. The fourth-order valence-corrected chi connectivity index (χ4v) is 7.45. The maximum atomic E-state index is 13.2. The molecule has 3 fully saturated rings. The zero-order valence-corrected chi connectivity index (χ0v) is 21.9. The molecule has 0 N–H and O–H groups in total. The summed E-state index contributed by atoms with van der Waals surface area (Å²) in [5.74, 6) is -1.88. The number of ketones is 1. The molecule has 0 aromatic heterocycles. The van der Waals surface area contributed by atoms with Crippen LogP contribution < -0.4 is 4.90 Å². The van der Waals surface area contributed by atoms with E-state index in [1.807, 2.05) is 0 Å². The highest BCUT2D eigenvalue weighted by Gasteiger charge is 2.66. The van der Waals surface area contributed by atoms with Gasteiger partial charge in [0, 0.05) is 19.7 Å². The van der Waals surface area contributed by atoms with Crippen molar-refractivity contribution in [1.29, 1.82) is 0 Å². The van der Waals surface area contributed by atoms with Gasteiger partial charge in [-0.1, -0.05) is 66.0 Å². The summed E-state index contributed by atoms with van der Waals surface area (Å²) in [5.41, 5.74) is 0.961. The zero-order valence-electron chi connectivity index (χ0n) is 17.1. The van der Waals surface area contributed by atoms with E-state index in [0.29, 0.717) is 11.3 Å². The van der Waals surface area contributed by atoms with Crippen molar-refractivity contribution >= 4 is 77.0 Å². The Morgan fingerprint density at radius 3 is 2.12 bits per heavy atom. The number of ether oxygens (including phenoxy) is 1. The molecular weight excluding hydrogens is 622 g/mol. The van der Waals surface area contributed by atoms with Gasteiger partial charge in [-0.3, -0.25) is 19.3 Å². The molecule has 33 heavy (non-hydrogen) atoms. The number of Topliss-reactive ketones (excluding diaryl/α,β-unsaturated/α-hetero) is 1. The highest BCUT2D eigenvalue weighted by Crippen LogP contribution is 2.60. The third-order valence-corrected chi connectivity index (χ3v) is 10.6. The quantitative estimate of drug-likeness (QED) is 0.204. The molecule has 1 heterocycles. The first kappa shape index (κ1) is 22.9. The molecule has 2 saturated carbocycles. The molecule has 6 nitrogen and oxygen atoms in total. The van der Waals surface area contributed by atoms with Crippen LogP contribution in [-0.2, 0) is 14.3 Å². The Labute approximate surface area is 215 Å². The Balaban J connectivity index is 1.31. The number of hydrogen-bond acceptors (Lipinski definition) is 5. The van der Waals surface area contributed by atoms with Crippen molar-refractivity contribution < 1.29 is 23.9 Å². The Morgan fingerprint density at radius 2 is 1.52 bits per heavy atom. The molecule has 9 heteroatoms. The van der Waals surface area contributed by atoms with Crippen LogP contribution in [0.2, 0.25) is 0 Å². The van der Waals surface area contributed by atoms with E-state index in [2.05, 4.69) is 47.8 Å². The first-order valence-corrected chi connectivity index (χ1v) is 13.1. The molecule has 2 aromatic carbocycles. The van der Waals surface area contributed by atoms with Gasteiger partial charge >= 0.3 is 5.97 Å². The average molecular weight is 640 g/mol. The van der Waals surface area contributed by atoms with Crippen LogP contribution in [0.4, 0.5) is 5.69 Å². The summed E-state index contributed by atoms with van der Waals surface area (Å²) in [6.45, 7) is -0.404. The van der Waals surface area contributed by atoms with Crippen molar-refractivity contribution in [1.82, 2.24) is 0 Å². The minimum atomic E-state index is -0.692. The predicted octanol–water partition coefficient (Wildman–Crippen LogP) is 4.77. The second-order valence-corrected chi connectivity index (χ2v) is 11.6. The van der Waals surface area contributed by atoms with Gasteiger partial charge < -0.3 is 4.74 Å². The Morgan fingerprint density at radius 1 is 0.909 bits per heavy atom. The lowest BCUT2D eigenvalue weighted by atomic mass is 9.81. The Bertz CT molecular complexity index is 1130. The molecule has 1 aliphatic heterocycles. The van der Waals surface area contributed by atoms with E-state index in [1.54, 1.807) is 36.4 Å². The number of hydrogen-bond donors (Lipinski definition) is 0. The molecule has 2 amide bonds. The smallest absolute Gasteiger partial charge is 0.338 e. The normalized spacial score (nSPS) is 30.0. The Hall–Kier alpha value is -1.84. The third kappa shape index (κ3) is 3.82. The summed E-state index contributed by atoms with van der Waals surface area (Å²) in [4.78, 5) is 52.8. The van der Waals surface area contributed by atoms with Gasteiger partial charge in [0.15, 0.2) is 12.4 Å². The number of alkyl halides is 2. The molecule has 5 rings (SSSR count). The van der Waals surface area contributed by atoms with Crippen LogP contribution >= 0.6 is 47.8 Å². The summed E-state index contributed by atoms with van der Waals surface area (Å²) in [6, 6.07) is 13.0. The highest BCUT2D eigenvalue weighted by molar-refractivity contribution is 9.12. The van der Waals surface area contributed by atoms with E-state index < -0.39 is 12.6 Å². The van der Waals surface area contributed by atoms with Gasteiger partial charge in [-0.05, 0) is 48.6 Å². The molecule has 2 aliphatic carbocycles. The topological polar surface area (TPSA) is 80.8 Å². The number of amides is 2. The SMILES string of the molecule is O=C(COC(=O)c1cccc(N2C(=O)[C@@H]3[C@H]4C[C@H]([C@H](Br)[C@@H]4Br)[C@@H]3C2=O)c1)c1ccc(Br)cc1. The molecule has 0 spiro atoms. The number of anilines is 1. The van der Waals surface area contributed by atoms with E-state index >= 15 is 0 Å². The number of carbonyl (C=O) groups excluding carboxylic acids is 4. The van der Waals surface area contributed by atoms with Crippen LogP contribution in [0.15, 0.2) is 53.0 Å². The summed E-state index contributed by atoms with van der Waals surface area (Å²) in [7, 11) is 0. The van der Waals surface area contributed by atoms with Crippen LogP contribution in [0.5, 0.6) is 0 Å². The molecule has 170 valence electrons. The van der Waals surface area contributed by atoms with Gasteiger partial charge in [-0.15, -0.1) is 0 Å². The second kappa shape index (κ2) is 8.74. The van der Waals surface area contributed by atoms with E-state index in [4.69, 9.17) is 4.74 Å². The largest absolute Gasteiger partial charge is 0.454 e. The number of fused-ring (bicyclic) bond motifs is 5. The first-order valence-electron chi connectivity index (χ1n) is 10.5. The summed E-state index contributed by atoms with van der Waals surface area (Å²) >= 11 is 10.7. The number of carbonyl (C=O) groups is 4. The molecule has 0 radical (unpaired) electrons. The standard InChI is InChI=1S/C24H18Br3NO5/c25-13-6-4-11(5-7-13)17(29)10-33-24(32)12-2-1-3-14(8-12)28-22(30)18-15-9-16(19(18)23(28)31)21(27)20(15)26/h1-8,15-16,18-21H,9-10H2/t15-,16+,18-,19+,20-,21+. The van der Waals surface area contributed by atoms with Gasteiger partial charge in [0.1, 0.15) is 0 Å². The van der Waals surface area contributed by atoms with E-state index in [1.165, 1.54) is 17.0 Å². The highest BCUT2D eigenvalue weighted by atomic mass is 79.9. The first-order chi connectivity index (χ1) is 15.8. The van der Waals surface area contributed by atoms with E-state index in [-0.39, 0.29) is 56.5 Å². The minimum absolute atomic E-state index is 0.114. The second-order valence-electron chi connectivity index (χ2n) is 8.57. The van der Waals surface area contributed by atoms with E-state index in [9.17, 15) is 19.2 Å². The van der Waals surface area contributed by atoms with Crippen molar-refractivity contribution in [2.75, 3.05) is 11.5 Å². The van der Waals surface area contributed by atoms with Gasteiger partial charge in [0.25, 0.3) is 0 Å². The molecule has 1 saturated heterocycles. The monoisotopic (exact) mass is 637 g/mol. The van der Waals surface area contributed by atoms with Crippen LogP contribution in [0.1, 0.15) is 27.1 Å². The molecule has 2 bridgehead atoms. The van der Waals surface area contributed by atoms with Gasteiger partial charge in [0.05, 0.1) is 23.1 Å². The molecule has 3 aliphatic rings. The fourth-order valence-electron chi connectivity index (χ4n) is 5.31. The van der Waals surface area contributed by atoms with Crippen LogP contribution in [-0.4, -0.2) is 39.8 Å². The van der Waals surface area contributed by atoms with Gasteiger partial charge in [0.2, 0.25) is 11.8 Å². The summed E-state index contributed by atoms with van der Waals surface area (Å²) in [5, 5.41) is 0. The number of esters is 1. The number of nitrogens with zero attached hydrogens (tertiary/aromatic N) is 1. The number of halogens is 3. The maximum absolute atomic E-state index is 13.2. The van der Waals surface area contributed by atoms with Crippen molar-refractivity contribution in [3.63, 3.8) is 0 Å². The molecule has 2 aromatic rings. The van der Waals surface area contributed by atoms with Crippen LogP contribution in [0.3, 0.4) is 0 Å². The molecule has 0 unspecified atom stereocenters. The zero-order chi connectivity index (χ0) is 23.4. The lowest BCUT2D eigenvalue weighted by molar-refractivity contribution is -0.123. The molecular formula is C24H18Br3NO5. The van der Waals surface area contributed by atoms with Gasteiger partial charge in [-0.25, -0.2) is 4.79 Å². The van der Waals surface area contributed by atoms with Gasteiger partial charge in [-0.2, -0.15) is 0 Å². The lowest BCUT2D eigenvalue weighted by Gasteiger charge is -2.28. The number of imide groups is 1. The number of rotatable bonds is 5. The van der Waals surface area contributed by atoms with Crippen molar-refractivity contribution in [2.24, 2.45) is 23.7 Å². The van der Waals surface area contributed by atoms with Crippen LogP contribution in [0.25, 0.3) is 0 Å². The van der Waals surface area contributed by atoms with Crippen molar-refractivity contribution in [3.05, 3.63) is 64.1 Å². The summed E-state index contributed by atoms with van der Waals surface area (Å²) in [6.07, 6.45) is 0.852. The van der Waals surface area contributed by atoms with E-state index in [0.717, 1.165) is 10.9 Å². The predicted molar refractivity (Wildman–Crippen MR) is 132 cm³/mol. The minimum Gasteiger partial charge on any atom is -0.454 e. The fraction of sp³-hybridized carbons (Fsp3) is 0.333. The third-order valence-electron chi connectivity index (χ3n) is 6.83. The van der Waals surface area contributed by atoms with Crippen molar-refractivity contribution in [2.45, 2.75) is 16.1 Å². The molecule has 6 atom stereocenters. The van der Waals surface area contributed by atoms with Crippen LogP contribution in [0, 0.1) is 23.7 Å². The number of benzene rings is 2.